The molecule has 0 N–H and O–H groups in total. The Morgan fingerprint density at radius 2 is 1.96 bits per heavy atom. The Balaban J connectivity index is 3.04. The molecule has 0 bridgehead atoms. The zero-order valence-corrected chi connectivity index (χ0v) is 17.1. The Bertz CT molecular complexity index is 760. The molecule has 0 fully saturated rings. The van der Waals surface area contributed by atoms with Gasteiger partial charge in [0.15, 0.2) is 5.41 Å². The van der Waals surface area contributed by atoms with E-state index >= 15 is 0 Å². The SMILES string of the molecule is C=CCC1(C)C(=O)CCC=C1C(C#N)(C#N)CC(=C)COC(=O)OC(C)(C)C. The second kappa shape index (κ2) is 8.89. The Labute approximate surface area is 167 Å². The fraction of sp³-hybridized carbons (Fsp3) is 0.545. The summed E-state index contributed by atoms with van der Waals surface area (Å²) in [5, 5.41) is 19.7. The van der Waals surface area contributed by atoms with Gasteiger partial charge in [0.05, 0.1) is 17.6 Å². The number of nitrogens with zero attached hydrogens (tertiary/aromatic N) is 2. The van der Waals surface area contributed by atoms with Crippen LogP contribution in [0.2, 0.25) is 0 Å². The lowest BCUT2D eigenvalue weighted by Crippen LogP contribution is -2.40. The van der Waals surface area contributed by atoms with Crippen molar-refractivity contribution in [3.8, 4) is 12.1 Å². The van der Waals surface area contributed by atoms with Crippen LogP contribution in [-0.4, -0.2) is 24.1 Å². The average molecular weight is 384 g/mol. The van der Waals surface area contributed by atoms with Crippen molar-refractivity contribution in [1.29, 1.82) is 10.5 Å². The van der Waals surface area contributed by atoms with Crippen molar-refractivity contribution in [3.05, 3.63) is 36.5 Å². The monoisotopic (exact) mass is 384 g/mol. The summed E-state index contributed by atoms with van der Waals surface area (Å²) in [6.45, 7) is 14.3. The predicted octanol–water partition coefficient (Wildman–Crippen LogP) is 4.79. The Morgan fingerprint density at radius 1 is 1.36 bits per heavy atom. The van der Waals surface area contributed by atoms with Crippen molar-refractivity contribution >= 4 is 11.9 Å². The number of carbonyl (C=O) groups excluding carboxylic acids is 2. The van der Waals surface area contributed by atoms with Crippen LogP contribution in [-0.2, 0) is 14.3 Å². The van der Waals surface area contributed by atoms with E-state index in [4.69, 9.17) is 9.47 Å². The topological polar surface area (TPSA) is 100 Å². The summed E-state index contributed by atoms with van der Waals surface area (Å²) in [5.41, 5.74) is -2.37. The molecule has 1 unspecified atom stereocenters. The van der Waals surface area contributed by atoms with Crippen LogP contribution >= 0.6 is 0 Å². The first-order valence-electron chi connectivity index (χ1n) is 9.14. The van der Waals surface area contributed by atoms with E-state index in [2.05, 4.69) is 25.3 Å². The Kier molecular flexibility index (Phi) is 7.36. The maximum Gasteiger partial charge on any atom is 0.509 e. The van der Waals surface area contributed by atoms with Crippen LogP contribution in [0, 0.1) is 33.5 Å². The molecular weight excluding hydrogens is 356 g/mol. The lowest BCUT2D eigenvalue weighted by atomic mass is 9.60. The van der Waals surface area contributed by atoms with Gasteiger partial charge < -0.3 is 9.47 Å². The molecule has 1 aliphatic carbocycles. The van der Waals surface area contributed by atoms with E-state index in [9.17, 15) is 20.1 Å². The molecule has 0 amide bonds. The maximum atomic E-state index is 12.6. The van der Waals surface area contributed by atoms with E-state index in [0.717, 1.165) is 0 Å². The largest absolute Gasteiger partial charge is 0.509 e. The van der Waals surface area contributed by atoms with Gasteiger partial charge in [-0.3, -0.25) is 4.79 Å². The number of ketones is 1. The fourth-order valence-electron chi connectivity index (χ4n) is 3.34. The van der Waals surface area contributed by atoms with Gasteiger partial charge in [0.25, 0.3) is 0 Å². The molecule has 6 nitrogen and oxygen atoms in total. The van der Waals surface area contributed by atoms with Crippen LogP contribution in [0.15, 0.2) is 36.5 Å². The number of hydrogen-bond donors (Lipinski definition) is 0. The Hall–Kier alpha value is -2.86. The molecule has 0 saturated heterocycles. The van der Waals surface area contributed by atoms with Gasteiger partial charge in [-0.05, 0) is 51.7 Å². The van der Waals surface area contributed by atoms with E-state index in [0.29, 0.717) is 30.4 Å². The summed E-state index contributed by atoms with van der Waals surface area (Å²) >= 11 is 0. The van der Waals surface area contributed by atoms with E-state index in [1.165, 1.54) is 0 Å². The summed E-state index contributed by atoms with van der Waals surface area (Å²) < 4.78 is 10.1. The zero-order chi connectivity index (χ0) is 21.6. The van der Waals surface area contributed by atoms with Gasteiger partial charge in [-0.2, -0.15) is 10.5 Å². The molecule has 1 atom stereocenters. The van der Waals surface area contributed by atoms with Crippen LogP contribution < -0.4 is 0 Å². The number of allylic oxidation sites excluding steroid dienone is 3. The minimum absolute atomic E-state index is 0.0182. The second-order valence-electron chi connectivity index (χ2n) is 8.21. The number of rotatable bonds is 7. The van der Waals surface area contributed by atoms with Crippen molar-refractivity contribution < 1.29 is 19.1 Å². The summed E-state index contributed by atoms with van der Waals surface area (Å²) in [4.78, 5) is 24.3. The molecule has 0 aliphatic heterocycles. The molecule has 0 aromatic heterocycles. The molecule has 6 heteroatoms. The van der Waals surface area contributed by atoms with Crippen molar-refractivity contribution in [2.24, 2.45) is 10.8 Å². The maximum absolute atomic E-state index is 12.6. The summed E-state index contributed by atoms with van der Waals surface area (Å²) in [6.07, 6.45) is 3.71. The highest BCUT2D eigenvalue weighted by atomic mass is 16.7. The lowest BCUT2D eigenvalue weighted by molar-refractivity contribution is -0.126. The third-order valence-electron chi connectivity index (χ3n) is 4.62. The van der Waals surface area contributed by atoms with Gasteiger partial charge in [0.1, 0.15) is 18.0 Å². The number of carbonyl (C=O) groups is 2. The molecule has 0 aromatic carbocycles. The minimum Gasteiger partial charge on any atom is -0.430 e. The molecule has 0 spiro atoms. The lowest BCUT2D eigenvalue weighted by Gasteiger charge is -2.39. The molecule has 0 radical (unpaired) electrons. The van der Waals surface area contributed by atoms with Gasteiger partial charge in [-0.25, -0.2) is 4.79 Å². The molecule has 1 aliphatic rings. The van der Waals surface area contributed by atoms with Crippen LogP contribution in [0.25, 0.3) is 0 Å². The normalized spacial score (nSPS) is 19.6. The van der Waals surface area contributed by atoms with Crippen molar-refractivity contribution in [1.82, 2.24) is 0 Å². The highest BCUT2D eigenvalue weighted by molar-refractivity contribution is 5.89. The quantitative estimate of drug-likeness (QED) is 0.462. The highest BCUT2D eigenvalue weighted by Gasteiger charge is 2.49. The Morgan fingerprint density at radius 3 is 2.46 bits per heavy atom. The second-order valence-corrected chi connectivity index (χ2v) is 8.21. The van der Waals surface area contributed by atoms with Crippen LogP contribution in [0.4, 0.5) is 4.79 Å². The van der Waals surface area contributed by atoms with Gasteiger partial charge in [0.2, 0.25) is 0 Å². The summed E-state index contributed by atoms with van der Waals surface area (Å²) in [5.74, 6) is -0.0182. The number of nitriles is 2. The number of ether oxygens (including phenoxy) is 2. The summed E-state index contributed by atoms with van der Waals surface area (Å²) in [7, 11) is 0. The molecule has 0 saturated carbocycles. The van der Waals surface area contributed by atoms with Crippen molar-refractivity contribution in [3.63, 3.8) is 0 Å². The molecule has 150 valence electrons. The summed E-state index contributed by atoms with van der Waals surface area (Å²) in [6, 6.07) is 4.15. The van der Waals surface area contributed by atoms with Crippen molar-refractivity contribution in [2.75, 3.05) is 6.61 Å². The van der Waals surface area contributed by atoms with Gasteiger partial charge in [0, 0.05) is 12.8 Å². The first-order chi connectivity index (χ1) is 12.9. The molecular formula is C22H28N2O4. The van der Waals surface area contributed by atoms with Gasteiger partial charge in [-0.1, -0.05) is 18.7 Å². The molecule has 1 rings (SSSR count). The third kappa shape index (κ3) is 5.33. The van der Waals surface area contributed by atoms with Gasteiger partial charge >= 0.3 is 6.16 Å². The van der Waals surface area contributed by atoms with E-state index in [-0.39, 0.29) is 18.8 Å². The molecule has 28 heavy (non-hydrogen) atoms. The highest BCUT2D eigenvalue weighted by Crippen LogP contribution is 2.49. The third-order valence-corrected chi connectivity index (χ3v) is 4.62. The average Bonchev–Trinajstić information content (AvgIpc) is 2.59. The smallest absolute Gasteiger partial charge is 0.430 e. The fourth-order valence-corrected chi connectivity index (χ4v) is 3.34. The van der Waals surface area contributed by atoms with Crippen molar-refractivity contribution in [2.45, 2.75) is 59.0 Å². The molecule has 0 heterocycles. The van der Waals surface area contributed by atoms with Crippen LogP contribution in [0.5, 0.6) is 0 Å². The first kappa shape index (κ1) is 23.2. The number of Topliss-reactive ketones (excluding diaryl/α,β-unsaturated/α-hetero) is 1. The minimum atomic E-state index is -1.57. The van der Waals surface area contributed by atoms with E-state index in [1.54, 1.807) is 39.8 Å². The molecule has 0 aromatic rings. The van der Waals surface area contributed by atoms with Gasteiger partial charge in [-0.15, -0.1) is 6.58 Å². The van der Waals surface area contributed by atoms with E-state index < -0.39 is 22.6 Å². The van der Waals surface area contributed by atoms with E-state index in [1.807, 2.05) is 0 Å². The zero-order valence-electron chi connectivity index (χ0n) is 17.1. The van der Waals surface area contributed by atoms with Crippen LogP contribution in [0.1, 0.15) is 53.4 Å². The predicted molar refractivity (Wildman–Crippen MR) is 105 cm³/mol. The first-order valence-corrected chi connectivity index (χ1v) is 9.14. The number of hydrogen-bond acceptors (Lipinski definition) is 6. The van der Waals surface area contributed by atoms with Crippen LogP contribution in [0.3, 0.4) is 0 Å². The standard InChI is InChI=1S/C22H28N2O4/c1-7-11-21(6)17(9-8-10-18(21)25)22(14-23,15-24)12-16(2)13-27-19(26)28-20(3,4)5/h7,9H,1-2,8,10-13H2,3-6H3.